The van der Waals surface area contributed by atoms with Crippen molar-refractivity contribution in [2.75, 3.05) is 13.2 Å². The van der Waals surface area contributed by atoms with Gasteiger partial charge in [0.05, 0.1) is 18.8 Å². The summed E-state index contributed by atoms with van der Waals surface area (Å²) in [6, 6.07) is 3.89. The molecule has 0 aliphatic carbocycles. The second-order valence-electron chi connectivity index (χ2n) is 6.17. The highest BCUT2D eigenvalue weighted by Crippen LogP contribution is 2.11. The predicted molar refractivity (Wildman–Crippen MR) is 104 cm³/mol. The molecule has 2 aromatic heterocycles. The molecule has 0 aliphatic heterocycles. The first-order valence-electron chi connectivity index (χ1n) is 9.14. The summed E-state index contributed by atoms with van der Waals surface area (Å²) in [6.45, 7) is 11.0. The van der Waals surface area contributed by atoms with E-state index in [4.69, 9.17) is 4.74 Å². The summed E-state index contributed by atoms with van der Waals surface area (Å²) >= 11 is 0. The number of nitrogens with zero attached hydrogens (tertiary/aromatic N) is 4. The number of ether oxygens (including phenoxy) is 1. The topological polar surface area (TPSA) is 76.4 Å². The molecule has 2 N–H and O–H groups in total. The Balaban J connectivity index is 1.97. The van der Waals surface area contributed by atoms with E-state index in [0.717, 1.165) is 35.9 Å². The molecule has 2 aromatic rings. The van der Waals surface area contributed by atoms with Crippen molar-refractivity contribution in [1.82, 2.24) is 25.4 Å². The maximum Gasteiger partial charge on any atom is 0.213 e. The number of nitrogens with one attached hydrogen (secondary N) is 2. The Morgan fingerprint density at radius 3 is 2.62 bits per heavy atom. The van der Waals surface area contributed by atoms with Gasteiger partial charge in [-0.3, -0.25) is 4.68 Å². The van der Waals surface area contributed by atoms with Crippen LogP contribution in [0.4, 0.5) is 0 Å². The van der Waals surface area contributed by atoms with Crippen LogP contribution in [0.15, 0.2) is 23.3 Å². The molecule has 0 fully saturated rings. The van der Waals surface area contributed by atoms with Crippen molar-refractivity contribution in [3.8, 4) is 5.88 Å². The third-order valence-electron chi connectivity index (χ3n) is 4.11. The average Bonchev–Trinajstić information content (AvgIpc) is 2.88. The van der Waals surface area contributed by atoms with Gasteiger partial charge in [0.25, 0.3) is 0 Å². The van der Waals surface area contributed by atoms with Gasteiger partial charge in [-0.2, -0.15) is 5.10 Å². The molecular weight excluding hydrogens is 328 g/mol. The molecule has 2 heterocycles. The van der Waals surface area contributed by atoms with Gasteiger partial charge in [0.15, 0.2) is 5.96 Å². The van der Waals surface area contributed by atoms with E-state index < -0.39 is 0 Å². The van der Waals surface area contributed by atoms with Crippen LogP contribution in [0.3, 0.4) is 0 Å². The van der Waals surface area contributed by atoms with Crippen LogP contribution in [0, 0.1) is 13.8 Å². The van der Waals surface area contributed by atoms with E-state index in [9.17, 15) is 0 Å². The van der Waals surface area contributed by atoms with E-state index in [2.05, 4.69) is 46.5 Å². The second-order valence-corrected chi connectivity index (χ2v) is 6.17. The van der Waals surface area contributed by atoms with Crippen molar-refractivity contribution in [2.24, 2.45) is 12.0 Å². The first-order chi connectivity index (χ1) is 12.5. The lowest BCUT2D eigenvalue weighted by Crippen LogP contribution is -2.37. The van der Waals surface area contributed by atoms with Gasteiger partial charge in [0.1, 0.15) is 0 Å². The lowest BCUT2D eigenvalue weighted by Gasteiger charge is -2.12. The van der Waals surface area contributed by atoms with Crippen LogP contribution in [-0.4, -0.2) is 33.9 Å². The molecule has 0 radical (unpaired) electrons. The molecule has 0 saturated heterocycles. The number of aromatic nitrogens is 3. The summed E-state index contributed by atoms with van der Waals surface area (Å²) < 4.78 is 7.41. The summed E-state index contributed by atoms with van der Waals surface area (Å²) in [4.78, 5) is 8.96. The van der Waals surface area contributed by atoms with Gasteiger partial charge in [-0.1, -0.05) is 13.0 Å². The van der Waals surface area contributed by atoms with Crippen LogP contribution in [-0.2, 0) is 20.1 Å². The number of pyridine rings is 1. The summed E-state index contributed by atoms with van der Waals surface area (Å²) in [7, 11) is 1.96. The second kappa shape index (κ2) is 9.79. The standard InChI is InChI=1S/C19H30N6O/c1-6-10-26-18-9-8-16(11-21-18)12-22-19(20-7-2)23-13-17-14(3)24-25(5)15(17)4/h8-9,11H,6-7,10,12-13H2,1-5H3,(H2,20,22,23). The minimum Gasteiger partial charge on any atom is -0.478 e. The van der Waals surface area contributed by atoms with E-state index in [1.807, 2.05) is 37.0 Å². The highest BCUT2D eigenvalue weighted by Gasteiger charge is 2.09. The monoisotopic (exact) mass is 358 g/mol. The fourth-order valence-corrected chi connectivity index (χ4v) is 2.55. The minimum atomic E-state index is 0.557. The van der Waals surface area contributed by atoms with Crippen molar-refractivity contribution in [3.63, 3.8) is 0 Å². The molecule has 26 heavy (non-hydrogen) atoms. The average molecular weight is 358 g/mol. The number of aliphatic imine (C=N–C) groups is 1. The maximum atomic E-state index is 5.51. The van der Waals surface area contributed by atoms with E-state index in [1.54, 1.807) is 0 Å². The first kappa shape index (κ1) is 19.8. The molecule has 0 atom stereocenters. The lowest BCUT2D eigenvalue weighted by atomic mass is 10.2. The summed E-state index contributed by atoms with van der Waals surface area (Å²) in [5.41, 5.74) is 4.45. The number of aryl methyl sites for hydroxylation is 2. The molecule has 7 nitrogen and oxygen atoms in total. The van der Waals surface area contributed by atoms with Crippen LogP contribution >= 0.6 is 0 Å². The zero-order valence-electron chi connectivity index (χ0n) is 16.5. The van der Waals surface area contributed by atoms with E-state index in [1.165, 1.54) is 5.56 Å². The number of hydrogen-bond acceptors (Lipinski definition) is 4. The molecule has 142 valence electrons. The third-order valence-corrected chi connectivity index (χ3v) is 4.11. The Morgan fingerprint density at radius 1 is 1.23 bits per heavy atom. The summed E-state index contributed by atoms with van der Waals surface area (Å²) in [5, 5.41) is 11.1. The van der Waals surface area contributed by atoms with Crippen molar-refractivity contribution in [3.05, 3.63) is 40.8 Å². The first-order valence-corrected chi connectivity index (χ1v) is 9.14. The van der Waals surface area contributed by atoms with Crippen LogP contribution in [0.2, 0.25) is 0 Å². The van der Waals surface area contributed by atoms with E-state index in [-0.39, 0.29) is 0 Å². The highest BCUT2D eigenvalue weighted by molar-refractivity contribution is 5.79. The number of rotatable bonds is 8. The van der Waals surface area contributed by atoms with Gasteiger partial charge in [-0.05, 0) is 32.8 Å². The molecule has 0 bridgehead atoms. The van der Waals surface area contributed by atoms with Crippen LogP contribution in [0.1, 0.15) is 42.8 Å². The smallest absolute Gasteiger partial charge is 0.213 e. The van der Waals surface area contributed by atoms with Crippen LogP contribution in [0.25, 0.3) is 0 Å². The van der Waals surface area contributed by atoms with Gasteiger partial charge in [0.2, 0.25) is 5.88 Å². The summed E-state index contributed by atoms with van der Waals surface area (Å²) in [6.07, 6.45) is 2.79. The minimum absolute atomic E-state index is 0.557. The summed E-state index contributed by atoms with van der Waals surface area (Å²) in [5.74, 6) is 1.44. The molecule has 0 spiro atoms. The van der Waals surface area contributed by atoms with Crippen LogP contribution in [0.5, 0.6) is 5.88 Å². The van der Waals surface area contributed by atoms with E-state index >= 15 is 0 Å². The fraction of sp³-hybridized carbons (Fsp3) is 0.526. The predicted octanol–water partition coefficient (Wildman–Crippen LogP) is 2.48. The molecular formula is C19H30N6O. The largest absolute Gasteiger partial charge is 0.478 e. The Morgan fingerprint density at radius 2 is 2.04 bits per heavy atom. The van der Waals surface area contributed by atoms with Crippen molar-refractivity contribution in [2.45, 2.75) is 47.2 Å². The molecule has 2 rings (SSSR count). The zero-order valence-corrected chi connectivity index (χ0v) is 16.5. The Hall–Kier alpha value is -2.57. The lowest BCUT2D eigenvalue weighted by molar-refractivity contribution is 0.305. The Labute approximate surface area is 155 Å². The van der Waals surface area contributed by atoms with Gasteiger partial charge in [-0.15, -0.1) is 0 Å². The van der Waals surface area contributed by atoms with Gasteiger partial charge < -0.3 is 15.4 Å². The number of hydrogen-bond donors (Lipinski definition) is 2. The maximum absolute atomic E-state index is 5.51. The van der Waals surface area contributed by atoms with Gasteiger partial charge in [-0.25, -0.2) is 9.98 Å². The third kappa shape index (κ3) is 5.47. The normalized spacial score (nSPS) is 11.5. The quantitative estimate of drug-likeness (QED) is 0.560. The highest BCUT2D eigenvalue weighted by atomic mass is 16.5. The van der Waals surface area contributed by atoms with Gasteiger partial charge in [0, 0.05) is 43.7 Å². The van der Waals surface area contributed by atoms with Crippen molar-refractivity contribution >= 4 is 5.96 Å². The zero-order chi connectivity index (χ0) is 18.9. The molecule has 0 unspecified atom stereocenters. The molecule has 0 amide bonds. The molecule has 0 saturated carbocycles. The van der Waals surface area contributed by atoms with Gasteiger partial charge >= 0.3 is 0 Å². The van der Waals surface area contributed by atoms with Crippen molar-refractivity contribution in [1.29, 1.82) is 0 Å². The Bertz CT molecular complexity index is 720. The van der Waals surface area contributed by atoms with Crippen molar-refractivity contribution < 1.29 is 4.74 Å². The molecule has 0 aromatic carbocycles. The Kier molecular flexibility index (Phi) is 7.44. The number of guanidine groups is 1. The fourth-order valence-electron chi connectivity index (χ4n) is 2.55. The van der Waals surface area contributed by atoms with Crippen LogP contribution < -0.4 is 15.4 Å². The van der Waals surface area contributed by atoms with E-state index in [0.29, 0.717) is 25.6 Å². The molecule has 7 heteroatoms. The SMILES string of the molecule is CCCOc1ccc(CN=C(NCC)NCc2c(C)nn(C)c2C)cn1. The molecule has 0 aliphatic rings.